The Morgan fingerprint density at radius 3 is 1.36 bits per heavy atom. The topological polar surface area (TPSA) is 289 Å². The molecule has 2 aromatic carbocycles. The van der Waals surface area contributed by atoms with E-state index < -0.39 is 80.9 Å². The Balaban J connectivity index is 2.32. The van der Waals surface area contributed by atoms with Gasteiger partial charge < -0.3 is 5.32 Å². The van der Waals surface area contributed by atoms with Gasteiger partial charge in [-0.05, 0) is 0 Å². The third-order valence-corrected chi connectivity index (χ3v) is 4.45. The Morgan fingerprint density at radius 1 is 0.611 bits per heavy atom. The van der Waals surface area contributed by atoms with Gasteiger partial charge in [0.15, 0.2) is 5.69 Å². The second kappa shape index (κ2) is 9.00. The van der Waals surface area contributed by atoms with Crippen molar-refractivity contribution in [2.45, 2.75) is 0 Å². The summed E-state index contributed by atoms with van der Waals surface area (Å²) in [6.07, 6.45) is 0.903. The lowest BCUT2D eigenvalue weighted by Crippen LogP contribution is -2.10. The van der Waals surface area contributed by atoms with Gasteiger partial charge in [0.05, 0.1) is 60.0 Å². The van der Waals surface area contributed by atoms with Crippen LogP contribution in [0.4, 0.5) is 45.6 Å². The van der Waals surface area contributed by atoms with Gasteiger partial charge in [0.25, 0.3) is 11.4 Å². The van der Waals surface area contributed by atoms with Gasteiger partial charge in [-0.1, -0.05) is 0 Å². The smallest absolute Gasteiger partial charge is 0.308 e. The number of nitrogens with one attached hydrogen (secondary N) is 1. The zero-order valence-electron chi connectivity index (χ0n) is 16.9. The fourth-order valence-electron chi connectivity index (χ4n) is 3.01. The zero-order valence-corrected chi connectivity index (χ0v) is 16.9. The van der Waals surface area contributed by atoms with Crippen LogP contribution in [0, 0.1) is 60.7 Å². The average Bonchev–Trinajstić information content (AvgIpc) is 3.25. The first kappa shape index (κ1) is 24.5. The zero-order chi connectivity index (χ0) is 26.9. The monoisotopic (exact) mass is 505 g/mol. The summed E-state index contributed by atoms with van der Waals surface area (Å²) in [5, 5.41) is 74.2. The normalized spacial score (nSPS) is 10.4. The molecule has 0 aliphatic rings. The van der Waals surface area contributed by atoms with Gasteiger partial charge in [0, 0.05) is 6.07 Å². The van der Waals surface area contributed by atoms with Crippen LogP contribution in [0.1, 0.15) is 0 Å². The van der Waals surface area contributed by atoms with Gasteiger partial charge in [-0.2, -0.15) is 5.10 Å². The molecule has 184 valence electrons. The summed E-state index contributed by atoms with van der Waals surface area (Å²) >= 11 is 0. The summed E-state index contributed by atoms with van der Waals surface area (Å²) in [5.41, 5.74) is -8.42. The van der Waals surface area contributed by atoms with Gasteiger partial charge >= 0.3 is 22.7 Å². The Labute approximate surface area is 194 Å². The van der Waals surface area contributed by atoms with Gasteiger partial charge in [-0.3, -0.25) is 60.7 Å². The van der Waals surface area contributed by atoms with E-state index in [0.717, 1.165) is 12.3 Å². The largest absolute Gasteiger partial charge is 0.329 e. The summed E-state index contributed by atoms with van der Waals surface area (Å²) in [6.45, 7) is 0. The fourth-order valence-corrected chi connectivity index (χ4v) is 3.01. The maximum absolute atomic E-state index is 11.6. The molecule has 0 bridgehead atoms. The highest BCUT2D eigenvalue weighted by atomic mass is 16.6. The van der Waals surface area contributed by atoms with Gasteiger partial charge in [-0.25, -0.2) is 4.68 Å². The lowest BCUT2D eigenvalue weighted by atomic mass is 10.2. The molecular weight excluding hydrogens is 498 g/mol. The van der Waals surface area contributed by atoms with Crippen molar-refractivity contribution in [3.63, 3.8) is 0 Å². The molecule has 0 radical (unpaired) electrons. The standard InChI is InChI=1S/C15H7N9O12/c25-19(26)7-3-9(21(29)30)14(10(4-7)22(31)32)17-13-1-2-16-18(13)15-11(23(33)34)5-8(20(27)28)6-12(15)24(35)36/h1-6,17H. The van der Waals surface area contributed by atoms with Crippen LogP contribution >= 0.6 is 0 Å². The van der Waals surface area contributed by atoms with E-state index in [1.54, 1.807) is 0 Å². The van der Waals surface area contributed by atoms with Crippen molar-refractivity contribution >= 4 is 45.6 Å². The number of non-ortho nitro benzene ring substituents is 2. The number of rotatable bonds is 9. The van der Waals surface area contributed by atoms with Crippen molar-refractivity contribution in [1.82, 2.24) is 9.78 Å². The van der Waals surface area contributed by atoms with Crippen LogP contribution in [-0.4, -0.2) is 39.3 Å². The van der Waals surface area contributed by atoms with Crippen molar-refractivity contribution in [3.8, 4) is 5.69 Å². The van der Waals surface area contributed by atoms with E-state index in [2.05, 4.69) is 10.4 Å². The maximum atomic E-state index is 11.6. The minimum absolute atomic E-state index is 0.407. The van der Waals surface area contributed by atoms with Crippen molar-refractivity contribution in [2.75, 3.05) is 5.32 Å². The number of benzene rings is 2. The molecule has 1 aromatic heterocycles. The minimum Gasteiger partial charge on any atom is -0.329 e. The van der Waals surface area contributed by atoms with Crippen molar-refractivity contribution < 1.29 is 29.5 Å². The van der Waals surface area contributed by atoms with Crippen LogP contribution in [0.2, 0.25) is 0 Å². The maximum Gasteiger partial charge on any atom is 0.308 e. The number of hydrogen-bond acceptors (Lipinski definition) is 14. The minimum atomic E-state index is -1.18. The van der Waals surface area contributed by atoms with Crippen LogP contribution in [0.5, 0.6) is 0 Å². The number of nitrogens with zero attached hydrogens (tertiary/aromatic N) is 8. The van der Waals surface area contributed by atoms with Gasteiger partial charge in [-0.15, -0.1) is 0 Å². The summed E-state index contributed by atoms with van der Waals surface area (Å²) in [5.74, 6) is -0.532. The quantitative estimate of drug-likeness (QED) is 0.323. The number of hydrogen-bond donors (Lipinski definition) is 1. The molecule has 3 rings (SSSR count). The van der Waals surface area contributed by atoms with E-state index in [0.29, 0.717) is 28.9 Å². The predicted octanol–water partition coefficient (Wildman–Crippen LogP) is 3.07. The lowest BCUT2D eigenvalue weighted by molar-refractivity contribution is -0.402. The summed E-state index contributed by atoms with van der Waals surface area (Å²) in [6, 6.07) is 2.60. The highest BCUT2D eigenvalue weighted by Gasteiger charge is 2.35. The third-order valence-electron chi connectivity index (χ3n) is 4.45. The summed E-state index contributed by atoms with van der Waals surface area (Å²) in [4.78, 5) is 61.3. The van der Waals surface area contributed by atoms with Crippen LogP contribution in [0.3, 0.4) is 0 Å². The van der Waals surface area contributed by atoms with Crippen molar-refractivity contribution in [2.24, 2.45) is 0 Å². The second-order valence-corrected chi connectivity index (χ2v) is 6.49. The van der Waals surface area contributed by atoms with Gasteiger partial charge in [0.1, 0.15) is 5.82 Å². The number of nitro benzene ring substituents is 6. The van der Waals surface area contributed by atoms with Crippen molar-refractivity contribution in [3.05, 3.63) is 97.2 Å². The molecule has 0 unspecified atom stereocenters. The first-order valence-corrected chi connectivity index (χ1v) is 8.87. The van der Waals surface area contributed by atoms with Crippen molar-refractivity contribution in [1.29, 1.82) is 0 Å². The SMILES string of the molecule is O=[N+]([O-])c1cc([N+](=O)[O-])c(Nc2ccnn2-c2c([N+](=O)[O-])cc([N+](=O)[O-])cc2[N+](=O)[O-])c([N+](=O)[O-])c1. The Bertz CT molecular complexity index is 1430. The fraction of sp³-hybridized carbons (Fsp3) is 0. The van der Waals surface area contributed by atoms with Crippen LogP contribution in [0.15, 0.2) is 36.5 Å². The Kier molecular flexibility index (Phi) is 6.13. The molecular formula is C15H7N9O12. The molecule has 36 heavy (non-hydrogen) atoms. The van der Waals surface area contributed by atoms with Crippen LogP contribution < -0.4 is 5.32 Å². The molecule has 0 saturated carbocycles. The molecule has 0 amide bonds. The van der Waals surface area contributed by atoms with Crippen LogP contribution in [0.25, 0.3) is 5.69 Å². The Morgan fingerprint density at radius 2 is 1.00 bits per heavy atom. The number of anilines is 2. The molecule has 0 fully saturated rings. The third kappa shape index (κ3) is 4.36. The van der Waals surface area contributed by atoms with Crippen LogP contribution in [-0.2, 0) is 0 Å². The lowest BCUT2D eigenvalue weighted by Gasteiger charge is -2.11. The molecule has 21 heteroatoms. The number of nitro groups is 6. The summed E-state index contributed by atoms with van der Waals surface area (Å²) in [7, 11) is 0. The van der Waals surface area contributed by atoms with E-state index in [4.69, 9.17) is 0 Å². The van der Waals surface area contributed by atoms with E-state index in [1.165, 1.54) is 0 Å². The highest BCUT2D eigenvalue weighted by Crippen LogP contribution is 2.42. The first-order valence-electron chi connectivity index (χ1n) is 8.87. The highest BCUT2D eigenvalue weighted by molar-refractivity contribution is 5.81. The molecule has 0 saturated heterocycles. The molecule has 21 nitrogen and oxygen atoms in total. The molecule has 1 N–H and O–H groups in total. The van der Waals surface area contributed by atoms with E-state index in [9.17, 15) is 60.7 Å². The molecule has 0 aliphatic heterocycles. The molecule has 0 aliphatic carbocycles. The first-order chi connectivity index (χ1) is 16.8. The average molecular weight is 505 g/mol. The van der Waals surface area contributed by atoms with Gasteiger partial charge in [0.2, 0.25) is 5.69 Å². The van der Waals surface area contributed by atoms with E-state index in [-0.39, 0.29) is 0 Å². The Hall–Kier alpha value is -6.15. The number of aromatic nitrogens is 2. The second-order valence-electron chi connectivity index (χ2n) is 6.49. The van der Waals surface area contributed by atoms with E-state index in [1.807, 2.05) is 0 Å². The summed E-state index contributed by atoms with van der Waals surface area (Å²) < 4.78 is 0.467. The molecule has 0 spiro atoms. The molecule has 3 aromatic rings. The molecule has 0 atom stereocenters. The molecule has 1 heterocycles. The predicted molar refractivity (Wildman–Crippen MR) is 113 cm³/mol. The van der Waals surface area contributed by atoms with E-state index >= 15 is 0 Å².